The minimum Gasteiger partial charge on any atom is -0.370 e. The molecule has 0 saturated carbocycles. The van der Waals surface area contributed by atoms with E-state index in [9.17, 15) is 0 Å². The summed E-state index contributed by atoms with van der Waals surface area (Å²) in [5.41, 5.74) is 6.32. The number of nitrogens with two attached hydrogens (primary N) is 1. The molecule has 4 nitrogen and oxygen atoms in total. The molecule has 0 amide bonds. The van der Waals surface area contributed by atoms with E-state index in [1.54, 1.807) is 0 Å². The molecule has 5 N–H and O–H groups in total. The van der Waals surface area contributed by atoms with Crippen LogP contribution in [0.1, 0.15) is 11.6 Å². The zero-order valence-corrected chi connectivity index (χ0v) is 7.96. The summed E-state index contributed by atoms with van der Waals surface area (Å²) in [6.07, 6.45) is 0. The van der Waals surface area contributed by atoms with E-state index in [0.29, 0.717) is 6.54 Å². The van der Waals surface area contributed by atoms with Crippen LogP contribution < -0.4 is 16.4 Å². The monoisotopic (exact) mass is 191 g/mol. The van der Waals surface area contributed by atoms with Crippen LogP contribution in [0.5, 0.6) is 0 Å². The Bertz CT molecular complexity index is 283. The Morgan fingerprint density at radius 1 is 1.43 bits per heavy atom. The van der Waals surface area contributed by atoms with E-state index in [-0.39, 0.29) is 12.0 Å². The molecule has 0 aliphatic rings. The van der Waals surface area contributed by atoms with Crippen LogP contribution in [0.4, 0.5) is 0 Å². The summed E-state index contributed by atoms with van der Waals surface area (Å²) in [7, 11) is 3.64. The van der Waals surface area contributed by atoms with Gasteiger partial charge in [-0.05, 0) is 5.56 Å². The number of benzene rings is 1. The van der Waals surface area contributed by atoms with Gasteiger partial charge in [-0.25, -0.2) is 0 Å². The molecular weight excluding hydrogens is 176 g/mol. The van der Waals surface area contributed by atoms with Crippen molar-refractivity contribution in [1.82, 2.24) is 10.6 Å². The van der Waals surface area contributed by atoms with Gasteiger partial charge in [0.15, 0.2) is 5.96 Å². The fourth-order valence-corrected chi connectivity index (χ4v) is 1.21. The third kappa shape index (κ3) is 3.06. The number of nitrogens with one attached hydrogen (secondary N) is 3. The summed E-state index contributed by atoms with van der Waals surface area (Å²) in [5, 5.41) is 12.7. The lowest BCUT2D eigenvalue weighted by Gasteiger charge is -2.16. The molecular formula is C10H15N4. The normalized spacial score (nSPS) is 12.1. The summed E-state index contributed by atoms with van der Waals surface area (Å²) in [6.45, 7) is 0.558. The van der Waals surface area contributed by atoms with Crippen molar-refractivity contribution in [2.75, 3.05) is 6.54 Å². The van der Waals surface area contributed by atoms with Crippen molar-refractivity contribution in [3.8, 4) is 0 Å². The maximum atomic E-state index is 7.04. The Kier molecular flexibility index (Phi) is 3.94. The van der Waals surface area contributed by atoms with Gasteiger partial charge in [-0.3, -0.25) is 5.41 Å². The van der Waals surface area contributed by atoms with Crippen LogP contribution >= 0.6 is 0 Å². The second-order valence-electron chi connectivity index (χ2n) is 2.96. The van der Waals surface area contributed by atoms with Crippen LogP contribution in [-0.4, -0.2) is 12.5 Å². The summed E-state index contributed by atoms with van der Waals surface area (Å²) < 4.78 is 0. The molecule has 4 heteroatoms. The third-order valence-electron chi connectivity index (χ3n) is 1.94. The Morgan fingerprint density at radius 2 is 2.07 bits per heavy atom. The molecule has 75 valence electrons. The van der Waals surface area contributed by atoms with Crippen LogP contribution in [0, 0.1) is 12.5 Å². The first-order chi connectivity index (χ1) is 6.74. The van der Waals surface area contributed by atoms with Crippen molar-refractivity contribution in [2.45, 2.75) is 6.04 Å². The van der Waals surface area contributed by atoms with Crippen LogP contribution in [-0.2, 0) is 0 Å². The second kappa shape index (κ2) is 5.24. The van der Waals surface area contributed by atoms with Crippen molar-refractivity contribution in [3.05, 3.63) is 42.9 Å². The van der Waals surface area contributed by atoms with E-state index in [4.69, 9.17) is 11.1 Å². The zero-order chi connectivity index (χ0) is 10.4. The van der Waals surface area contributed by atoms with Gasteiger partial charge >= 0.3 is 0 Å². The largest absolute Gasteiger partial charge is 0.370 e. The molecule has 0 aliphatic heterocycles. The minimum absolute atomic E-state index is 0.0267. The highest BCUT2D eigenvalue weighted by molar-refractivity contribution is 5.74. The SMILES string of the molecule is [CH2]NC(CNC(=N)N)c1ccccc1. The van der Waals surface area contributed by atoms with Crippen LogP contribution in [0.3, 0.4) is 0 Å². The van der Waals surface area contributed by atoms with Gasteiger partial charge in [0.25, 0.3) is 0 Å². The van der Waals surface area contributed by atoms with E-state index in [2.05, 4.69) is 17.7 Å². The van der Waals surface area contributed by atoms with E-state index in [1.807, 2.05) is 30.3 Å². The summed E-state index contributed by atoms with van der Waals surface area (Å²) >= 11 is 0. The number of hydrogen-bond acceptors (Lipinski definition) is 2. The predicted octanol–water partition coefficient (Wildman–Crippen LogP) is 0.592. The summed E-state index contributed by atoms with van der Waals surface area (Å²) in [6, 6.07) is 9.97. The summed E-state index contributed by atoms with van der Waals surface area (Å²) in [5.74, 6) is -0.0267. The fourth-order valence-electron chi connectivity index (χ4n) is 1.21. The average molecular weight is 191 g/mol. The van der Waals surface area contributed by atoms with Gasteiger partial charge in [-0.15, -0.1) is 0 Å². The molecule has 0 spiro atoms. The van der Waals surface area contributed by atoms with Crippen molar-refractivity contribution in [1.29, 1.82) is 5.41 Å². The third-order valence-corrected chi connectivity index (χ3v) is 1.94. The molecule has 1 rings (SSSR count). The zero-order valence-electron chi connectivity index (χ0n) is 7.96. The molecule has 1 unspecified atom stereocenters. The molecule has 1 radical (unpaired) electrons. The molecule has 0 fully saturated rings. The van der Waals surface area contributed by atoms with Crippen LogP contribution in [0.25, 0.3) is 0 Å². The lowest BCUT2D eigenvalue weighted by Crippen LogP contribution is -2.36. The van der Waals surface area contributed by atoms with Gasteiger partial charge in [-0.2, -0.15) is 0 Å². The quantitative estimate of drug-likeness (QED) is 0.416. The number of rotatable bonds is 4. The molecule has 0 saturated heterocycles. The molecule has 14 heavy (non-hydrogen) atoms. The van der Waals surface area contributed by atoms with Gasteiger partial charge in [0.1, 0.15) is 0 Å². The van der Waals surface area contributed by atoms with Crippen LogP contribution in [0.15, 0.2) is 30.3 Å². The highest BCUT2D eigenvalue weighted by Crippen LogP contribution is 2.10. The second-order valence-corrected chi connectivity index (χ2v) is 2.96. The molecule has 0 heterocycles. The highest BCUT2D eigenvalue weighted by Gasteiger charge is 2.07. The molecule has 0 aliphatic carbocycles. The molecule has 0 bridgehead atoms. The Balaban J connectivity index is 2.58. The molecule has 0 aromatic heterocycles. The lowest BCUT2D eigenvalue weighted by molar-refractivity contribution is 0.598. The predicted molar refractivity (Wildman–Crippen MR) is 57.6 cm³/mol. The van der Waals surface area contributed by atoms with E-state index in [0.717, 1.165) is 5.56 Å². The van der Waals surface area contributed by atoms with Gasteiger partial charge in [0, 0.05) is 19.6 Å². The first-order valence-corrected chi connectivity index (χ1v) is 4.39. The first-order valence-electron chi connectivity index (χ1n) is 4.39. The van der Waals surface area contributed by atoms with E-state index >= 15 is 0 Å². The van der Waals surface area contributed by atoms with Gasteiger partial charge in [0.2, 0.25) is 0 Å². The number of guanidine groups is 1. The van der Waals surface area contributed by atoms with Crippen molar-refractivity contribution >= 4 is 5.96 Å². The fraction of sp³-hybridized carbons (Fsp3) is 0.200. The minimum atomic E-state index is -0.0267. The first kappa shape index (κ1) is 10.5. The maximum Gasteiger partial charge on any atom is 0.185 e. The van der Waals surface area contributed by atoms with Gasteiger partial charge in [-0.1, -0.05) is 30.3 Å². The lowest BCUT2D eigenvalue weighted by atomic mass is 10.1. The van der Waals surface area contributed by atoms with Gasteiger partial charge < -0.3 is 16.4 Å². The molecule has 1 aromatic rings. The average Bonchev–Trinajstić information content (AvgIpc) is 2.20. The van der Waals surface area contributed by atoms with Crippen molar-refractivity contribution in [3.63, 3.8) is 0 Å². The highest BCUT2D eigenvalue weighted by atomic mass is 15.1. The molecule has 1 aromatic carbocycles. The van der Waals surface area contributed by atoms with Gasteiger partial charge in [0.05, 0.1) is 0 Å². The summed E-state index contributed by atoms with van der Waals surface area (Å²) in [4.78, 5) is 0. The Morgan fingerprint density at radius 3 is 2.57 bits per heavy atom. The van der Waals surface area contributed by atoms with E-state index < -0.39 is 0 Å². The Hall–Kier alpha value is -1.55. The van der Waals surface area contributed by atoms with Crippen molar-refractivity contribution < 1.29 is 0 Å². The van der Waals surface area contributed by atoms with Crippen molar-refractivity contribution in [2.24, 2.45) is 5.73 Å². The molecule has 1 atom stereocenters. The Labute approximate surface area is 84.0 Å². The smallest absolute Gasteiger partial charge is 0.185 e. The van der Waals surface area contributed by atoms with E-state index in [1.165, 1.54) is 0 Å². The maximum absolute atomic E-state index is 7.04. The topological polar surface area (TPSA) is 73.9 Å². The standard InChI is InChI=1S/C10H15N4/c1-13-9(7-14-10(11)12)8-5-3-2-4-6-8/h2-6,9,13H,1,7H2,(H4,11,12,14). The number of hydrogen-bond donors (Lipinski definition) is 4. The van der Waals surface area contributed by atoms with Crippen LogP contribution in [0.2, 0.25) is 0 Å².